The summed E-state index contributed by atoms with van der Waals surface area (Å²) in [5.74, 6) is -0.158. The molecule has 6 heteroatoms. The number of nitrogens with zero attached hydrogens (tertiary/aromatic N) is 3. The fraction of sp³-hybridized carbons (Fsp3) is 0.0930. The Labute approximate surface area is 298 Å². The van der Waals surface area contributed by atoms with Crippen LogP contribution in [0.5, 0.6) is 0 Å². The Balaban J connectivity index is 0.00000417. The lowest BCUT2D eigenvalue weighted by molar-refractivity contribution is -0.785. The normalized spacial score (nSPS) is 11.7. The first kappa shape index (κ1) is 33.3. The Bertz CT molecular complexity index is 2020. The van der Waals surface area contributed by atoms with Gasteiger partial charge < -0.3 is 22.3 Å². The molecule has 1 aromatic heterocycles. The van der Waals surface area contributed by atoms with Gasteiger partial charge in [-0.05, 0) is 34.4 Å². The maximum Gasteiger partial charge on any atom is 0.252 e. The Hall–Kier alpha value is -5.59. The van der Waals surface area contributed by atoms with E-state index in [0.717, 1.165) is 33.5 Å². The Morgan fingerprint density at radius 3 is 1.59 bits per heavy atom. The van der Waals surface area contributed by atoms with Gasteiger partial charge in [-0.2, -0.15) is 0 Å². The van der Waals surface area contributed by atoms with E-state index in [2.05, 4.69) is 118 Å². The molecule has 1 N–H and O–H groups in total. The topological polar surface area (TPSA) is 50.8 Å². The molecule has 0 spiro atoms. The molecule has 0 bridgehead atoms. The molecule has 242 valence electrons. The lowest BCUT2D eigenvalue weighted by Gasteiger charge is -2.40. The second-order valence-electron chi connectivity index (χ2n) is 12.0. The van der Waals surface area contributed by atoms with Gasteiger partial charge in [-0.1, -0.05) is 170 Å². The van der Waals surface area contributed by atoms with Crippen molar-refractivity contribution in [2.45, 2.75) is 24.5 Å². The molecular formula is C43H37BrN4O. The summed E-state index contributed by atoms with van der Waals surface area (Å²) in [5.41, 5.74) is 5.85. The molecule has 7 rings (SSSR count). The van der Waals surface area contributed by atoms with E-state index in [1.807, 2.05) is 84.9 Å². The molecule has 5 nitrogen and oxygen atoms in total. The van der Waals surface area contributed by atoms with Crippen molar-refractivity contribution in [2.24, 2.45) is 0 Å². The van der Waals surface area contributed by atoms with Crippen molar-refractivity contribution in [3.63, 3.8) is 0 Å². The van der Waals surface area contributed by atoms with Gasteiger partial charge in [0.15, 0.2) is 17.9 Å². The predicted molar refractivity (Wildman–Crippen MR) is 190 cm³/mol. The first-order valence-electron chi connectivity index (χ1n) is 16.3. The van der Waals surface area contributed by atoms with Crippen LogP contribution in [0.4, 0.5) is 0 Å². The SMILES string of the molecule is O=C(NC(c1ccccc1)(c1ccccc1)[C@H](Cc1ccccc1)[n+]1cc(-c2ccccc2)n(Cc2ccccc2)n1)c1ccccc1.[Br-]. The summed E-state index contributed by atoms with van der Waals surface area (Å²) < 4.78 is 4.14. The number of aromatic nitrogens is 3. The van der Waals surface area contributed by atoms with Crippen LogP contribution < -0.4 is 27.0 Å². The average Bonchev–Trinajstić information content (AvgIpc) is 3.58. The third-order valence-corrected chi connectivity index (χ3v) is 8.88. The zero-order valence-electron chi connectivity index (χ0n) is 27.0. The average molecular weight is 706 g/mol. The molecule has 0 saturated carbocycles. The third-order valence-electron chi connectivity index (χ3n) is 8.88. The number of carbonyl (C=O) groups is 1. The first-order chi connectivity index (χ1) is 23.7. The van der Waals surface area contributed by atoms with Crippen LogP contribution in [0.3, 0.4) is 0 Å². The van der Waals surface area contributed by atoms with Crippen molar-refractivity contribution in [3.05, 3.63) is 216 Å². The summed E-state index contributed by atoms with van der Waals surface area (Å²) in [7, 11) is 0. The van der Waals surface area contributed by atoms with Crippen LogP contribution in [-0.4, -0.2) is 15.8 Å². The molecule has 0 unspecified atom stereocenters. The molecule has 0 saturated heterocycles. The summed E-state index contributed by atoms with van der Waals surface area (Å²) in [4.78, 5) is 14.4. The van der Waals surface area contributed by atoms with Crippen LogP contribution in [-0.2, 0) is 18.5 Å². The van der Waals surface area contributed by atoms with E-state index >= 15 is 0 Å². The molecule has 0 aliphatic heterocycles. The van der Waals surface area contributed by atoms with Crippen LogP contribution in [0.1, 0.15) is 38.7 Å². The van der Waals surface area contributed by atoms with E-state index in [1.165, 1.54) is 0 Å². The van der Waals surface area contributed by atoms with Crippen LogP contribution in [0, 0.1) is 0 Å². The standard InChI is InChI=1S/C43H36N4O.BrH/c48-42(37-25-13-4-14-26-37)44-43(38-27-15-5-16-28-38,39-29-17-6-18-30-39)41(31-34-19-7-1-8-20-34)47-33-40(36-23-11-3-12-24-36)46(45-47)32-35-21-9-2-10-22-35;/h1-30,33,41H,31-32H2;1H/t41-;/m0./s1. The highest BCUT2D eigenvalue weighted by molar-refractivity contribution is 5.95. The van der Waals surface area contributed by atoms with E-state index in [4.69, 9.17) is 5.21 Å². The van der Waals surface area contributed by atoms with Crippen molar-refractivity contribution < 1.29 is 26.5 Å². The van der Waals surface area contributed by atoms with Crippen LogP contribution >= 0.6 is 0 Å². The minimum Gasteiger partial charge on any atom is -1.00 e. The third kappa shape index (κ3) is 7.30. The van der Waals surface area contributed by atoms with Gasteiger partial charge in [-0.25, -0.2) is 0 Å². The quantitative estimate of drug-likeness (QED) is 0.192. The predicted octanol–water partition coefficient (Wildman–Crippen LogP) is 5.05. The van der Waals surface area contributed by atoms with Gasteiger partial charge in [0, 0.05) is 17.5 Å². The lowest BCUT2D eigenvalue weighted by atomic mass is 9.74. The fourth-order valence-corrected chi connectivity index (χ4v) is 6.55. The number of rotatable bonds is 11. The molecule has 49 heavy (non-hydrogen) atoms. The summed E-state index contributed by atoms with van der Waals surface area (Å²) in [6, 6.07) is 60.9. The number of halogens is 1. The van der Waals surface area contributed by atoms with Gasteiger partial charge in [0.2, 0.25) is 0 Å². The number of amides is 1. The highest BCUT2D eigenvalue weighted by atomic mass is 79.9. The van der Waals surface area contributed by atoms with Crippen LogP contribution in [0.15, 0.2) is 188 Å². The minimum absolute atomic E-state index is 0. The Morgan fingerprint density at radius 2 is 1.06 bits per heavy atom. The molecule has 1 heterocycles. The molecule has 0 radical (unpaired) electrons. The Morgan fingerprint density at radius 1 is 0.612 bits per heavy atom. The van der Waals surface area contributed by atoms with Gasteiger partial charge >= 0.3 is 0 Å². The molecule has 1 amide bonds. The fourth-order valence-electron chi connectivity index (χ4n) is 6.55. The van der Waals surface area contributed by atoms with Gasteiger partial charge in [0.1, 0.15) is 12.1 Å². The number of benzene rings is 6. The van der Waals surface area contributed by atoms with E-state index in [-0.39, 0.29) is 28.9 Å². The van der Waals surface area contributed by atoms with Gasteiger partial charge in [-0.15, -0.1) is 9.36 Å². The van der Waals surface area contributed by atoms with Crippen molar-refractivity contribution in [2.75, 3.05) is 0 Å². The summed E-state index contributed by atoms with van der Waals surface area (Å²) in [5, 5.41) is 8.96. The van der Waals surface area contributed by atoms with Crippen molar-refractivity contribution in [1.82, 2.24) is 15.2 Å². The van der Waals surface area contributed by atoms with Gasteiger partial charge in [0.25, 0.3) is 5.91 Å². The highest BCUT2D eigenvalue weighted by Crippen LogP contribution is 2.40. The zero-order valence-corrected chi connectivity index (χ0v) is 28.6. The number of hydrogen-bond acceptors (Lipinski definition) is 2. The zero-order chi connectivity index (χ0) is 32.6. The smallest absolute Gasteiger partial charge is 0.252 e. The summed E-state index contributed by atoms with van der Waals surface area (Å²) >= 11 is 0. The second kappa shape index (κ2) is 15.5. The number of nitrogens with one attached hydrogen (secondary N) is 1. The minimum atomic E-state index is -1.02. The molecular weight excluding hydrogens is 668 g/mol. The van der Waals surface area contributed by atoms with Gasteiger partial charge in [-0.3, -0.25) is 4.79 Å². The molecule has 6 aromatic carbocycles. The lowest BCUT2D eigenvalue weighted by Crippen LogP contribution is -3.00. The molecule has 0 fully saturated rings. The monoisotopic (exact) mass is 704 g/mol. The van der Waals surface area contributed by atoms with Crippen LogP contribution in [0.25, 0.3) is 11.3 Å². The van der Waals surface area contributed by atoms with Crippen molar-refractivity contribution in [1.29, 1.82) is 0 Å². The van der Waals surface area contributed by atoms with E-state index in [9.17, 15) is 4.79 Å². The summed E-state index contributed by atoms with van der Waals surface area (Å²) in [6.45, 7) is 0.593. The molecule has 1 atom stereocenters. The van der Waals surface area contributed by atoms with Crippen molar-refractivity contribution in [3.8, 4) is 11.3 Å². The molecule has 0 aliphatic carbocycles. The van der Waals surface area contributed by atoms with Crippen LogP contribution in [0.2, 0.25) is 0 Å². The van der Waals surface area contributed by atoms with Crippen molar-refractivity contribution >= 4 is 5.91 Å². The van der Waals surface area contributed by atoms with E-state index in [1.54, 1.807) is 0 Å². The highest BCUT2D eigenvalue weighted by Gasteiger charge is 2.49. The maximum atomic E-state index is 14.4. The Kier molecular flexibility index (Phi) is 10.6. The van der Waals surface area contributed by atoms with Gasteiger partial charge in [0.05, 0.1) is 5.21 Å². The number of carbonyl (C=O) groups excluding carboxylic acids is 1. The molecule has 0 aliphatic rings. The maximum absolute atomic E-state index is 14.4. The second-order valence-corrected chi connectivity index (χ2v) is 12.0. The van der Waals surface area contributed by atoms with E-state index < -0.39 is 5.54 Å². The first-order valence-corrected chi connectivity index (χ1v) is 16.3. The summed E-state index contributed by atoms with van der Waals surface area (Å²) in [6.07, 6.45) is 2.74. The molecule has 7 aromatic rings. The largest absolute Gasteiger partial charge is 1.00 e. The van der Waals surface area contributed by atoms with E-state index in [0.29, 0.717) is 18.5 Å². The number of hydrogen-bond donors (Lipinski definition) is 1.